The lowest BCUT2D eigenvalue weighted by molar-refractivity contribution is 0.103. The highest BCUT2D eigenvalue weighted by Crippen LogP contribution is 2.27. The molecule has 0 radical (unpaired) electrons. The van der Waals surface area contributed by atoms with Gasteiger partial charge in [0.05, 0.1) is 11.4 Å². The molecule has 0 atom stereocenters. The van der Waals surface area contributed by atoms with Crippen LogP contribution >= 0.6 is 11.3 Å². The molecule has 1 amide bonds. The van der Waals surface area contributed by atoms with Gasteiger partial charge in [-0.15, -0.1) is 11.3 Å². The van der Waals surface area contributed by atoms with Crippen LogP contribution in [-0.2, 0) is 0 Å². The number of pyridine rings is 1. The van der Waals surface area contributed by atoms with E-state index in [0.717, 1.165) is 22.1 Å². The normalized spacial score (nSPS) is 10.8. The number of amides is 1. The Hall–Kier alpha value is -2.53. The van der Waals surface area contributed by atoms with E-state index in [1.54, 1.807) is 6.20 Å². The molecule has 0 bridgehead atoms. The van der Waals surface area contributed by atoms with Gasteiger partial charge in [-0.1, -0.05) is 32.0 Å². The summed E-state index contributed by atoms with van der Waals surface area (Å²) in [5.74, 6) is 0.288. The molecular weight excluding hydrogens is 318 g/mol. The molecule has 3 rings (SSSR count). The van der Waals surface area contributed by atoms with Gasteiger partial charge in [0.1, 0.15) is 9.88 Å². The Balaban J connectivity index is 1.83. The van der Waals surface area contributed by atoms with E-state index < -0.39 is 0 Å². The number of anilines is 1. The van der Waals surface area contributed by atoms with Crippen molar-refractivity contribution in [2.75, 3.05) is 5.32 Å². The first kappa shape index (κ1) is 16.3. The van der Waals surface area contributed by atoms with Crippen LogP contribution in [0.1, 0.15) is 40.7 Å². The van der Waals surface area contributed by atoms with Crippen molar-refractivity contribution in [2.45, 2.75) is 26.7 Å². The third kappa shape index (κ3) is 3.51. The molecule has 0 fully saturated rings. The van der Waals surface area contributed by atoms with E-state index in [1.165, 1.54) is 16.9 Å². The van der Waals surface area contributed by atoms with Crippen molar-refractivity contribution in [2.24, 2.45) is 0 Å². The summed E-state index contributed by atoms with van der Waals surface area (Å²) in [6.07, 6.45) is 1.73. The topological polar surface area (TPSA) is 54.9 Å². The monoisotopic (exact) mass is 337 g/mol. The number of carbonyl (C=O) groups is 1. The lowest BCUT2D eigenvalue weighted by atomic mass is 10.0. The molecule has 2 aromatic heterocycles. The van der Waals surface area contributed by atoms with Crippen molar-refractivity contribution in [3.63, 3.8) is 0 Å². The van der Waals surface area contributed by atoms with Crippen LogP contribution in [0.5, 0.6) is 0 Å². The molecule has 0 unspecified atom stereocenters. The molecule has 1 aromatic carbocycles. The average Bonchev–Trinajstić information content (AvgIpc) is 2.98. The molecule has 0 aliphatic rings. The fraction of sp³-hybridized carbons (Fsp3) is 0.211. The van der Waals surface area contributed by atoms with Crippen LogP contribution < -0.4 is 5.32 Å². The maximum Gasteiger partial charge on any atom is 0.267 e. The summed E-state index contributed by atoms with van der Waals surface area (Å²) in [6.45, 7) is 6.11. The van der Waals surface area contributed by atoms with Crippen LogP contribution in [0.4, 0.5) is 5.69 Å². The van der Waals surface area contributed by atoms with Gasteiger partial charge in [-0.3, -0.25) is 9.78 Å². The Bertz CT molecular complexity index is 856. The summed E-state index contributed by atoms with van der Waals surface area (Å²) in [5, 5.41) is 3.73. The summed E-state index contributed by atoms with van der Waals surface area (Å²) in [5.41, 5.74) is 3.51. The third-order valence-electron chi connectivity index (χ3n) is 3.70. The van der Waals surface area contributed by atoms with Gasteiger partial charge in [0.2, 0.25) is 0 Å². The van der Waals surface area contributed by atoms with E-state index in [2.05, 4.69) is 35.2 Å². The predicted molar refractivity (Wildman–Crippen MR) is 98.6 cm³/mol. The molecule has 0 aliphatic carbocycles. The third-order valence-corrected chi connectivity index (χ3v) is 4.88. The average molecular weight is 337 g/mol. The number of aromatic nitrogens is 2. The van der Waals surface area contributed by atoms with E-state index in [-0.39, 0.29) is 5.91 Å². The number of nitrogens with one attached hydrogen (secondary N) is 1. The lowest BCUT2D eigenvalue weighted by Gasteiger charge is -2.09. The van der Waals surface area contributed by atoms with Crippen LogP contribution in [0.25, 0.3) is 10.7 Å². The van der Waals surface area contributed by atoms with Gasteiger partial charge in [0.25, 0.3) is 5.91 Å². The fourth-order valence-electron chi connectivity index (χ4n) is 2.37. The zero-order chi connectivity index (χ0) is 17.1. The number of hydrogen-bond acceptors (Lipinski definition) is 4. The summed E-state index contributed by atoms with van der Waals surface area (Å²) in [6, 6.07) is 13.6. The first-order valence-electron chi connectivity index (χ1n) is 7.84. The lowest BCUT2D eigenvalue weighted by Crippen LogP contribution is -2.11. The summed E-state index contributed by atoms with van der Waals surface area (Å²) < 4.78 is 0. The maximum absolute atomic E-state index is 12.6. The predicted octanol–water partition coefficient (Wildman–Crippen LogP) is 4.89. The minimum absolute atomic E-state index is 0.131. The minimum atomic E-state index is -0.131. The Kier molecular flexibility index (Phi) is 4.71. The van der Waals surface area contributed by atoms with Gasteiger partial charge in [0.15, 0.2) is 0 Å². The van der Waals surface area contributed by atoms with Gasteiger partial charge < -0.3 is 5.32 Å². The van der Waals surface area contributed by atoms with Crippen LogP contribution in [0.15, 0.2) is 48.7 Å². The number of nitrogens with zero attached hydrogens (tertiary/aromatic N) is 2. The van der Waals surface area contributed by atoms with Crippen LogP contribution in [0, 0.1) is 6.92 Å². The summed E-state index contributed by atoms with van der Waals surface area (Å²) >= 11 is 1.36. The Morgan fingerprint density at radius 1 is 1.17 bits per heavy atom. The highest BCUT2D eigenvalue weighted by Gasteiger charge is 2.17. The molecule has 1 N–H and O–H groups in total. The van der Waals surface area contributed by atoms with Crippen LogP contribution in [0.2, 0.25) is 0 Å². The van der Waals surface area contributed by atoms with Gasteiger partial charge in [-0.2, -0.15) is 0 Å². The smallest absolute Gasteiger partial charge is 0.267 e. The standard InChI is InChI=1S/C19H19N3OS/c1-12(2)14-7-6-8-15(11-14)22-18(23)17-13(3)21-19(24-17)16-9-4-5-10-20-16/h4-12H,1-3H3,(H,22,23). The van der Waals surface area contributed by atoms with Gasteiger partial charge >= 0.3 is 0 Å². The van der Waals surface area contributed by atoms with Crippen molar-refractivity contribution >= 4 is 22.9 Å². The Labute approximate surface area is 145 Å². The zero-order valence-corrected chi connectivity index (χ0v) is 14.7. The van der Waals surface area contributed by atoms with Crippen molar-refractivity contribution in [3.05, 3.63) is 64.8 Å². The summed E-state index contributed by atoms with van der Waals surface area (Å²) in [4.78, 5) is 22.0. The largest absolute Gasteiger partial charge is 0.321 e. The van der Waals surface area contributed by atoms with E-state index in [4.69, 9.17) is 0 Å². The van der Waals surface area contributed by atoms with E-state index in [1.807, 2.05) is 43.3 Å². The van der Waals surface area contributed by atoms with Crippen molar-refractivity contribution in [1.82, 2.24) is 9.97 Å². The number of aryl methyl sites for hydroxylation is 1. The van der Waals surface area contributed by atoms with Gasteiger partial charge in [-0.05, 0) is 42.7 Å². The van der Waals surface area contributed by atoms with Gasteiger partial charge in [0, 0.05) is 11.9 Å². The molecular formula is C19H19N3OS. The van der Waals surface area contributed by atoms with Crippen LogP contribution in [-0.4, -0.2) is 15.9 Å². The zero-order valence-electron chi connectivity index (χ0n) is 13.9. The number of carbonyl (C=O) groups excluding carboxylic acids is 1. The molecule has 122 valence electrons. The van der Waals surface area contributed by atoms with Crippen molar-refractivity contribution < 1.29 is 4.79 Å². The first-order chi connectivity index (χ1) is 11.5. The summed E-state index contributed by atoms with van der Waals surface area (Å²) in [7, 11) is 0. The van der Waals surface area contributed by atoms with E-state index in [9.17, 15) is 4.79 Å². The second kappa shape index (κ2) is 6.93. The highest BCUT2D eigenvalue weighted by molar-refractivity contribution is 7.17. The fourth-order valence-corrected chi connectivity index (χ4v) is 3.31. The molecule has 0 aliphatic heterocycles. The number of hydrogen-bond donors (Lipinski definition) is 1. The van der Waals surface area contributed by atoms with E-state index in [0.29, 0.717) is 10.8 Å². The molecule has 4 nitrogen and oxygen atoms in total. The minimum Gasteiger partial charge on any atom is -0.321 e. The second-order valence-electron chi connectivity index (χ2n) is 5.88. The molecule has 2 heterocycles. The highest BCUT2D eigenvalue weighted by atomic mass is 32.1. The van der Waals surface area contributed by atoms with Crippen molar-refractivity contribution in [1.29, 1.82) is 0 Å². The van der Waals surface area contributed by atoms with Crippen molar-refractivity contribution in [3.8, 4) is 10.7 Å². The maximum atomic E-state index is 12.6. The number of benzene rings is 1. The molecule has 5 heteroatoms. The molecule has 0 saturated carbocycles. The molecule has 3 aromatic rings. The van der Waals surface area contributed by atoms with E-state index >= 15 is 0 Å². The number of thiazole rings is 1. The van der Waals surface area contributed by atoms with Gasteiger partial charge in [-0.25, -0.2) is 4.98 Å². The first-order valence-corrected chi connectivity index (χ1v) is 8.66. The quantitative estimate of drug-likeness (QED) is 0.737. The second-order valence-corrected chi connectivity index (χ2v) is 6.88. The Morgan fingerprint density at radius 3 is 2.71 bits per heavy atom. The molecule has 0 saturated heterocycles. The van der Waals surface area contributed by atoms with Crippen LogP contribution in [0.3, 0.4) is 0 Å². The molecule has 0 spiro atoms. The SMILES string of the molecule is Cc1nc(-c2ccccn2)sc1C(=O)Nc1cccc(C(C)C)c1. The Morgan fingerprint density at radius 2 is 2.00 bits per heavy atom. The molecule has 24 heavy (non-hydrogen) atoms. The number of rotatable bonds is 4.